The van der Waals surface area contributed by atoms with Gasteiger partial charge in [0.2, 0.25) is 5.91 Å². The number of benzene rings is 1. The Kier molecular flexibility index (Phi) is 6.69. The lowest BCUT2D eigenvalue weighted by molar-refractivity contribution is -0.122. The highest BCUT2D eigenvalue weighted by atomic mass is 35.5. The second-order valence-corrected chi connectivity index (χ2v) is 3.34. The van der Waals surface area contributed by atoms with Crippen molar-refractivity contribution in [3.8, 4) is 0 Å². The van der Waals surface area contributed by atoms with Crippen LogP contribution in [0.1, 0.15) is 12.5 Å². The highest BCUT2D eigenvalue weighted by Crippen LogP contribution is 2.02. The first-order valence-electron chi connectivity index (χ1n) is 4.83. The Morgan fingerprint density at radius 1 is 1.38 bits per heavy atom. The van der Waals surface area contributed by atoms with Gasteiger partial charge in [-0.05, 0) is 24.6 Å². The van der Waals surface area contributed by atoms with Gasteiger partial charge >= 0.3 is 0 Å². The lowest BCUT2D eigenvalue weighted by atomic mass is 10.2. The summed E-state index contributed by atoms with van der Waals surface area (Å²) in [6.07, 6.45) is 0. The van der Waals surface area contributed by atoms with Gasteiger partial charge in [0.05, 0.1) is 6.04 Å². The third-order valence-electron chi connectivity index (χ3n) is 2.17. The van der Waals surface area contributed by atoms with Crippen molar-refractivity contribution in [3.63, 3.8) is 0 Å². The largest absolute Gasteiger partial charge is 0.358 e. The van der Waals surface area contributed by atoms with Gasteiger partial charge in [-0.25, -0.2) is 4.39 Å². The zero-order valence-corrected chi connectivity index (χ0v) is 10.1. The van der Waals surface area contributed by atoms with E-state index in [2.05, 4.69) is 10.6 Å². The maximum absolute atomic E-state index is 12.6. The molecule has 1 rings (SSSR count). The Morgan fingerprint density at radius 2 is 1.94 bits per heavy atom. The van der Waals surface area contributed by atoms with Gasteiger partial charge in [-0.1, -0.05) is 12.1 Å². The van der Waals surface area contributed by atoms with Gasteiger partial charge in [0.25, 0.3) is 0 Å². The zero-order valence-electron chi connectivity index (χ0n) is 9.29. The van der Waals surface area contributed by atoms with Crippen LogP contribution in [0.25, 0.3) is 0 Å². The minimum atomic E-state index is -0.252. The number of hydrogen-bond donors (Lipinski definition) is 2. The van der Waals surface area contributed by atoms with Crippen LogP contribution in [0.15, 0.2) is 24.3 Å². The van der Waals surface area contributed by atoms with Gasteiger partial charge in [-0.3, -0.25) is 4.79 Å². The van der Waals surface area contributed by atoms with Crippen LogP contribution in [0, 0.1) is 5.82 Å². The summed E-state index contributed by atoms with van der Waals surface area (Å²) in [4.78, 5) is 11.2. The number of likely N-dealkylation sites (N-methyl/N-ethyl adjacent to an activating group) is 1. The smallest absolute Gasteiger partial charge is 0.236 e. The lowest BCUT2D eigenvalue weighted by Gasteiger charge is -2.11. The van der Waals surface area contributed by atoms with Crippen molar-refractivity contribution in [2.75, 3.05) is 7.05 Å². The quantitative estimate of drug-likeness (QED) is 0.845. The van der Waals surface area contributed by atoms with Crippen LogP contribution in [0.4, 0.5) is 4.39 Å². The van der Waals surface area contributed by atoms with E-state index in [9.17, 15) is 9.18 Å². The van der Waals surface area contributed by atoms with E-state index in [-0.39, 0.29) is 30.2 Å². The van der Waals surface area contributed by atoms with Gasteiger partial charge in [0, 0.05) is 13.6 Å². The summed E-state index contributed by atoms with van der Waals surface area (Å²) in [5, 5.41) is 5.58. The van der Waals surface area contributed by atoms with E-state index in [4.69, 9.17) is 0 Å². The van der Waals surface area contributed by atoms with Crippen molar-refractivity contribution in [2.45, 2.75) is 19.5 Å². The molecule has 0 aliphatic rings. The summed E-state index contributed by atoms with van der Waals surface area (Å²) in [6.45, 7) is 2.33. The predicted molar refractivity (Wildman–Crippen MR) is 64.0 cm³/mol. The standard InChI is InChI=1S/C11H15FN2O.ClH/c1-8(11(15)13-2)14-7-9-3-5-10(12)6-4-9;/h3-6,8,14H,7H2,1-2H3,(H,13,15);1H/t8-;/m1./s1. The van der Waals surface area contributed by atoms with E-state index >= 15 is 0 Å². The molecule has 2 N–H and O–H groups in total. The van der Waals surface area contributed by atoms with Crippen molar-refractivity contribution < 1.29 is 9.18 Å². The molecule has 0 saturated heterocycles. The molecule has 0 aliphatic carbocycles. The average molecular weight is 247 g/mol. The van der Waals surface area contributed by atoms with Crippen LogP contribution < -0.4 is 10.6 Å². The summed E-state index contributed by atoms with van der Waals surface area (Å²) in [5.74, 6) is -0.310. The molecule has 5 heteroatoms. The molecule has 0 heterocycles. The predicted octanol–water partition coefficient (Wildman–Crippen LogP) is 1.47. The number of hydrogen-bond acceptors (Lipinski definition) is 2. The van der Waals surface area contributed by atoms with Crippen LogP contribution in [-0.4, -0.2) is 19.0 Å². The molecule has 0 saturated carbocycles. The van der Waals surface area contributed by atoms with Gasteiger partial charge in [0.1, 0.15) is 5.82 Å². The van der Waals surface area contributed by atoms with Gasteiger partial charge in [0.15, 0.2) is 0 Å². The van der Waals surface area contributed by atoms with E-state index < -0.39 is 0 Å². The molecule has 0 bridgehead atoms. The fourth-order valence-corrected chi connectivity index (χ4v) is 1.18. The summed E-state index contributed by atoms with van der Waals surface area (Å²) in [5.41, 5.74) is 0.951. The molecule has 0 aromatic heterocycles. The third-order valence-corrected chi connectivity index (χ3v) is 2.17. The maximum Gasteiger partial charge on any atom is 0.236 e. The van der Waals surface area contributed by atoms with E-state index in [1.807, 2.05) is 0 Å². The van der Waals surface area contributed by atoms with Crippen LogP contribution in [0.5, 0.6) is 0 Å². The Balaban J connectivity index is 0.00000225. The van der Waals surface area contributed by atoms with Crippen LogP contribution in [0.2, 0.25) is 0 Å². The van der Waals surface area contributed by atoms with Crippen molar-refractivity contribution in [3.05, 3.63) is 35.6 Å². The molecule has 1 amide bonds. The first-order valence-corrected chi connectivity index (χ1v) is 4.83. The maximum atomic E-state index is 12.6. The topological polar surface area (TPSA) is 41.1 Å². The van der Waals surface area contributed by atoms with E-state index in [1.165, 1.54) is 12.1 Å². The molecule has 90 valence electrons. The molecule has 1 aromatic rings. The molecule has 0 fully saturated rings. The van der Waals surface area contributed by atoms with E-state index in [0.717, 1.165) is 5.56 Å². The molecular formula is C11H16ClFN2O. The normalized spacial score (nSPS) is 11.4. The van der Waals surface area contributed by atoms with E-state index in [0.29, 0.717) is 6.54 Å². The molecule has 0 spiro atoms. The number of carbonyl (C=O) groups excluding carboxylic acids is 1. The van der Waals surface area contributed by atoms with Crippen molar-refractivity contribution in [1.29, 1.82) is 0 Å². The second-order valence-electron chi connectivity index (χ2n) is 3.34. The Labute approximate surface area is 101 Å². The molecule has 1 atom stereocenters. The Bertz CT molecular complexity index is 329. The molecular weight excluding hydrogens is 231 g/mol. The molecule has 0 unspecified atom stereocenters. The van der Waals surface area contributed by atoms with Crippen LogP contribution >= 0.6 is 12.4 Å². The number of carbonyl (C=O) groups is 1. The highest BCUT2D eigenvalue weighted by molar-refractivity contribution is 5.85. The van der Waals surface area contributed by atoms with Crippen molar-refractivity contribution in [2.24, 2.45) is 0 Å². The van der Waals surface area contributed by atoms with Gasteiger partial charge in [-0.15, -0.1) is 12.4 Å². The molecule has 1 aromatic carbocycles. The first kappa shape index (κ1) is 14.9. The summed E-state index contributed by atoms with van der Waals surface area (Å²) >= 11 is 0. The van der Waals surface area contributed by atoms with Crippen molar-refractivity contribution in [1.82, 2.24) is 10.6 Å². The van der Waals surface area contributed by atoms with E-state index in [1.54, 1.807) is 26.1 Å². The summed E-state index contributed by atoms with van der Waals surface area (Å²) in [6, 6.07) is 5.95. The number of amides is 1. The molecule has 16 heavy (non-hydrogen) atoms. The average Bonchev–Trinajstić information content (AvgIpc) is 2.26. The van der Waals surface area contributed by atoms with Gasteiger partial charge < -0.3 is 10.6 Å². The van der Waals surface area contributed by atoms with Crippen LogP contribution in [0.3, 0.4) is 0 Å². The molecule has 0 radical (unpaired) electrons. The fourth-order valence-electron chi connectivity index (χ4n) is 1.18. The molecule has 0 aliphatic heterocycles. The number of rotatable bonds is 4. The monoisotopic (exact) mass is 246 g/mol. The lowest BCUT2D eigenvalue weighted by Crippen LogP contribution is -2.40. The second kappa shape index (κ2) is 7.19. The SMILES string of the molecule is CNC(=O)[C@@H](C)NCc1ccc(F)cc1.Cl. The minimum absolute atomic E-state index is 0. The first-order chi connectivity index (χ1) is 7.13. The highest BCUT2D eigenvalue weighted by Gasteiger charge is 2.09. The fraction of sp³-hybridized carbons (Fsp3) is 0.364. The number of nitrogens with one attached hydrogen (secondary N) is 2. The van der Waals surface area contributed by atoms with Gasteiger partial charge in [-0.2, -0.15) is 0 Å². The van der Waals surface area contributed by atoms with Crippen molar-refractivity contribution >= 4 is 18.3 Å². The minimum Gasteiger partial charge on any atom is -0.358 e. The summed E-state index contributed by atoms with van der Waals surface area (Å²) < 4.78 is 12.6. The zero-order chi connectivity index (χ0) is 11.3. The molecule has 3 nitrogen and oxygen atoms in total. The summed E-state index contributed by atoms with van der Waals surface area (Å²) in [7, 11) is 1.60. The Morgan fingerprint density at radius 3 is 2.44 bits per heavy atom. The third kappa shape index (κ3) is 4.59. The van der Waals surface area contributed by atoms with Crippen LogP contribution in [-0.2, 0) is 11.3 Å². The number of halogens is 2. The Hall–Kier alpha value is -1.13.